The lowest BCUT2D eigenvalue weighted by Gasteiger charge is -2.08. The molecule has 0 bridgehead atoms. The van der Waals surface area contributed by atoms with Gasteiger partial charge >= 0.3 is 6.18 Å². The number of ether oxygens (including phenoxy) is 1. The summed E-state index contributed by atoms with van der Waals surface area (Å²) in [6.07, 6.45) is -3.22. The van der Waals surface area contributed by atoms with Gasteiger partial charge in [-0.3, -0.25) is 4.79 Å². The first kappa shape index (κ1) is 15.6. The van der Waals surface area contributed by atoms with Crippen LogP contribution in [-0.4, -0.2) is 23.7 Å². The Morgan fingerprint density at radius 3 is 2.62 bits per heavy atom. The number of rotatable bonds is 4. The highest BCUT2D eigenvalue weighted by molar-refractivity contribution is 7.18. The zero-order valence-electron chi connectivity index (χ0n) is 10.3. The van der Waals surface area contributed by atoms with Gasteiger partial charge < -0.3 is 10.1 Å². The topological polar surface area (TPSA) is 51.2 Å². The molecule has 4 nitrogen and oxygen atoms in total. The van der Waals surface area contributed by atoms with E-state index in [1.807, 2.05) is 0 Å². The highest BCUT2D eigenvalue weighted by Gasteiger charge is 2.28. The SMILES string of the molecule is O=C(Nc1ccc(OCC(F)(F)F)nc1)c1ccc(Cl)s1. The number of nitrogens with one attached hydrogen (secondary N) is 1. The lowest BCUT2D eigenvalue weighted by atomic mass is 10.4. The number of amides is 1. The zero-order chi connectivity index (χ0) is 15.5. The molecule has 2 heterocycles. The molecular weight excluding hydrogens is 329 g/mol. The molecule has 0 aliphatic heterocycles. The Bertz CT molecular complexity index is 628. The number of nitrogens with zero attached hydrogens (tertiary/aromatic N) is 1. The van der Waals surface area contributed by atoms with E-state index in [9.17, 15) is 18.0 Å². The number of hydrogen-bond acceptors (Lipinski definition) is 4. The summed E-state index contributed by atoms with van der Waals surface area (Å²) in [6.45, 7) is -1.42. The van der Waals surface area contributed by atoms with Crippen molar-refractivity contribution in [3.8, 4) is 5.88 Å². The minimum absolute atomic E-state index is 0.176. The predicted molar refractivity (Wildman–Crippen MR) is 73.1 cm³/mol. The third kappa shape index (κ3) is 4.91. The van der Waals surface area contributed by atoms with Crippen LogP contribution in [0.1, 0.15) is 9.67 Å². The third-order valence-corrected chi connectivity index (χ3v) is 3.40. The van der Waals surface area contributed by atoms with Crippen molar-refractivity contribution in [3.05, 3.63) is 39.7 Å². The van der Waals surface area contributed by atoms with Gasteiger partial charge in [-0.25, -0.2) is 4.98 Å². The molecule has 1 amide bonds. The Hall–Kier alpha value is -1.80. The Morgan fingerprint density at radius 2 is 2.10 bits per heavy atom. The van der Waals surface area contributed by atoms with Gasteiger partial charge in [0.05, 0.1) is 21.1 Å². The van der Waals surface area contributed by atoms with Crippen molar-refractivity contribution in [1.82, 2.24) is 4.98 Å². The smallest absolute Gasteiger partial charge is 0.422 e. The molecule has 0 aliphatic rings. The van der Waals surface area contributed by atoms with Crippen LogP contribution in [0, 0.1) is 0 Å². The van der Waals surface area contributed by atoms with Crippen molar-refractivity contribution < 1.29 is 22.7 Å². The summed E-state index contributed by atoms with van der Waals surface area (Å²) in [5.41, 5.74) is 0.337. The first-order chi connectivity index (χ1) is 9.83. The number of halogens is 4. The molecule has 0 aromatic carbocycles. The molecule has 0 unspecified atom stereocenters. The van der Waals surface area contributed by atoms with Crippen LogP contribution in [0.3, 0.4) is 0 Å². The number of thiophene rings is 1. The van der Waals surface area contributed by atoms with E-state index >= 15 is 0 Å². The zero-order valence-corrected chi connectivity index (χ0v) is 11.9. The highest BCUT2D eigenvalue weighted by Crippen LogP contribution is 2.23. The molecule has 2 rings (SSSR count). The van der Waals surface area contributed by atoms with E-state index in [4.69, 9.17) is 11.6 Å². The van der Waals surface area contributed by atoms with Crippen LogP contribution >= 0.6 is 22.9 Å². The molecule has 0 spiro atoms. The number of carbonyl (C=O) groups is 1. The van der Waals surface area contributed by atoms with Crippen molar-refractivity contribution in [2.24, 2.45) is 0 Å². The molecule has 21 heavy (non-hydrogen) atoms. The minimum Gasteiger partial charge on any atom is -0.468 e. The van der Waals surface area contributed by atoms with E-state index < -0.39 is 12.8 Å². The summed E-state index contributed by atoms with van der Waals surface area (Å²) >= 11 is 6.83. The van der Waals surface area contributed by atoms with Crippen LogP contribution < -0.4 is 10.1 Å². The number of aromatic nitrogens is 1. The number of anilines is 1. The van der Waals surface area contributed by atoms with E-state index in [-0.39, 0.29) is 11.8 Å². The van der Waals surface area contributed by atoms with Gasteiger partial charge in [-0.15, -0.1) is 11.3 Å². The van der Waals surface area contributed by atoms with Crippen LogP contribution in [0.2, 0.25) is 4.34 Å². The summed E-state index contributed by atoms with van der Waals surface area (Å²) < 4.78 is 40.8. The van der Waals surface area contributed by atoms with Crippen LogP contribution in [0.15, 0.2) is 30.5 Å². The monoisotopic (exact) mass is 336 g/mol. The van der Waals surface area contributed by atoms with Crippen LogP contribution in [-0.2, 0) is 0 Å². The molecule has 0 fully saturated rings. The predicted octanol–water partition coefficient (Wildman–Crippen LogP) is 3.99. The third-order valence-electron chi connectivity index (χ3n) is 2.17. The summed E-state index contributed by atoms with van der Waals surface area (Å²) in [5, 5.41) is 2.54. The number of alkyl halides is 3. The van der Waals surface area contributed by atoms with Gasteiger partial charge in [0.25, 0.3) is 5.91 Å². The van der Waals surface area contributed by atoms with Gasteiger partial charge in [0.15, 0.2) is 6.61 Å². The molecule has 9 heteroatoms. The fraction of sp³-hybridized carbons (Fsp3) is 0.167. The van der Waals surface area contributed by atoms with E-state index in [0.717, 1.165) is 11.3 Å². The van der Waals surface area contributed by atoms with Gasteiger partial charge in [0.1, 0.15) is 0 Å². The molecule has 0 saturated heterocycles. The Morgan fingerprint density at radius 1 is 1.33 bits per heavy atom. The standard InChI is InChI=1S/C12H8ClF3N2O2S/c13-9-3-2-8(21-9)11(19)18-7-1-4-10(17-5-7)20-6-12(14,15)16/h1-5H,6H2,(H,18,19). The number of hydrogen-bond donors (Lipinski definition) is 1. The van der Waals surface area contributed by atoms with Crippen LogP contribution in [0.5, 0.6) is 5.88 Å². The second-order valence-corrected chi connectivity index (χ2v) is 5.56. The largest absolute Gasteiger partial charge is 0.468 e. The fourth-order valence-electron chi connectivity index (χ4n) is 1.32. The van der Waals surface area contributed by atoms with Gasteiger partial charge in [-0.2, -0.15) is 13.2 Å². The van der Waals surface area contributed by atoms with Gasteiger partial charge in [-0.1, -0.05) is 11.6 Å². The molecule has 2 aromatic rings. The fourth-order valence-corrected chi connectivity index (χ4v) is 2.26. The van der Waals surface area contributed by atoms with Crippen molar-refractivity contribution in [1.29, 1.82) is 0 Å². The molecule has 0 saturated carbocycles. The maximum absolute atomic E-state index is 12.0. The summed E-state index contributed by atoms with van der Waals surface area (Å²) in [7, 11) is 0. The maximum Gasteiger partial charge on any atom is 0.422 e. The van der Waals surface area contributed by atoms with Crippen molar-refractivity contribution in [2.75, 3.05) is 11.9 Å². The van der Waals surface area contributed by atoms with Crippen LogP contribution in [0.25, 0.3) is 0 Å². The van der Waals surface area contributed by atoms with Gasteiger partial charge in [0, 0.05) is 6.07 Å². The summed E-state index contributed by atoms with van der Waals surface area (Å²) in [6, 6.07) is 5.79. The highest BCUT2D eigenvalue weighted by atomic mass is 35.5. The molecule has 2 aromatic heterocycles. The van der Waals surface area contributed by atoms with Crippen molar-refractivity contribution in [3.63, 3.8) is 0 Å². The molecule has 112 valence electrons. The quantitative estimate of drug-likeness (QED) is 0.918. The van der Waals surface area contributed by atoms with E-state index in [1.54, 1.807) is 12.1 Å². The van der Waals surface area contributed by atoms with Gasteiger partial charge in [0.2, 0.25) is 5.88 Å². The summed E-state index contributed by atoms with van der Waals surface area (Å²) in [5.74, 6) is -0.554. The molecular formula is C12H8ClF3N2O2S. The van der Waals surface area contributed by atoms with Crippen molar-refractivity contribution >= 4 is 34.5 Å². The lowest BCUT2D eigenvalue weighted by molar-refractivity contribution is -0.154. The number of pyridine rings is 1. The summed E-state index contributed by atoms with van der Waals surface area (Å²) in [4.78, 5) is 15.9. The van der Waals surface area contributed by atoms with Gasteiger partial charge in [-0.05, 0) is 18.2 Å². The number of carbonyl (C=O) groups excluding carboxylic acids is 1. The second-order valence-electron chi connectivity index (χ2n) is 3.85. The Kier molecular flexibility index (Phi) is 4.69. The maximum atomic E-state index is 12.0. The first-order valence-corrected chi connectivity index (χ1v) is 6.75. The van der Waals surface area contributed by atoms with E-state index in [2.05, 4.69) is 15.0 Å². The van der Waals surface area contributed by atoms with E-state index in [0.29, 0.717) is 14.9 Å². The van der Waals surface area contributed by atoms with E-state index in [1.165, 1.54) is 18.3 Å². The minimum atomic E-state index is -4.42. The second kappa shape index (κ2) is 6.31. The average molecular weight is 337 g/mol. The Labute approximate surface area is 126 Å². The average Bonchev–Trinajstić information content (AvgIpc) is 2.84. The molecule has 0 radical (unpaired) electrons. The van der Waals surface area contributed by atoms with Crippen LogP contribution in [0.4, 0.5) is 18.9 Å². The first-order valence-electron chi connectivity index (χ1n) is 5.56. The Balaban J connectivity index is 1.94. The lowest BCUT2D eigenvalue weighted by Crippen LogP contribution is -2.19. The molecule has 0 atom stereocenters. The molecule has 0 aliphatic carbocycles. The molecule has 1 N–H and O–H groups in total. The normalized spacial score (nSPS) is 11.2. The van der Waals surface area contributed by atoms with Crippen molar-refractivity contribution in [2.45, 2.75) is 6.18 Å².